The molecule has 0 aliphatic heterocycles. The number of anilines is 1. The van der Waals surface area contributed by atoms with Crippen LogP contribution in [0.1, 0.15) is 34.7 Å². The zero-order valence-electron chi connectivity index (χ0n) is 25.2. The molecule has 0 unspecified atom stereocenters. The molecule has 1 N–H and O–H groups in total. The molecule has 1 atom stereocenters. The fraction of sp³-hybridized carbons (Fsp3) is 0.257. The summed E-state index contributed by atoms with van der Waals surface area (Å²) < 4.78 is 29.3. The van der Waals surface area contributed by atoms with Crippen molar-refractivity contribution >= 4 is 27.5 Å². The van der Waals surface area contributed by atoms with Crippen LogP contribution in [0, 0.1) is 20.8 Å². The van der Waals surface area contributed by atoms with Crippen LogP contribution in [-0.2, 0) is 32.6 Å². The molecule has 7 nitrogen and oxygen atoms in total. The van der Waals surface area contributed by atoms with Gasteiger partial charge in [-0.1, -0.05) is 84.4 Å². The second-order valence-electron chi connectivity index (χ2n) is 10.7. The van der Waals surface area contributed by atoms with Gasteiger partial charge in [-0.25, -0.2) is 8.42 Å². The third kappa shape index (κ3) is 7.90. The SMILES string of the molecule is CCNC(=O)[C@@H](Cc1ccccc1)N(Cc1ccc(C)cc1)C(=O)CN(c1ccc(C)c(C)c1)S(=O)(=O)c1ccccc1. The summed E-state index contributed by atoms with van der Waals surface area (Å²) in [6, 6.07) is 29.8. The maximum atomic E-state index is 14.4. The molecule has 0 aromatic heterocycles. The minimum atomic E-state index is -4.12. The van der Waals surface area contributed by atoms with Gasteiger partial charge in [0.05, 0.1) is 10.6 Å². The molecule has 43 heavy (non-hydrogen) atoms. The Bertz CT molecular complexity index is 1640. The maximum Gasteiger partial charge on any atom is 0.264 e. The number of hydrogen-bond acceptors (Lipinski definition) is 4. The van der Waals surface area contributed by atoms with E-state index in [9.17, 15) is 18.0 Å². The average molecular weight is 598 g/mol. The van der Waals surface area contributed by atoms with Crippen molar-refractivity contribution < 1.29 is 18.0 Å². The van der Waals surface area contributed by atoms with Crippen molar-refractivity contribution in [2.45, 2.75) is 51.6 Å². The van der Waals surface area contributed by atoms with Gasteiger partial charge in [0, 0.05) is 19.5 Å². The highest BCUT2D eigenvalue weighted by molar-refractivity contribution is 7.92. The first-order chi connectivity index (χ1) is 20.6. The summed E-state index contributed by atoms with van der Waals surface area (Å²) >= 11 is 0. The number of aryl methyl sites for hydroxylation is 3. The molecule has 0 saturated heterocycles. The van der Waals surface area contributed by atoms with E-state index in [-0.39, 0.29) is 23.8 Å². The normalized spacial score (nSPS) is 11.9. The Morgan fingerprint density at radius 3 is 2.00 bits per heavy atom. The quantitative estimate of drug-likeness (QED) is 0.231. The second kappa shape index (κ2) is 14.2. The Morgan fingerprint density at radius 1 is 0.767 bits per heavy atom. The number of carbonyl (C=O) groups is 2. The number of nitrogens with zero attached hydrogens (tertiary/aromatic N) is 2. The van der Waals surface area contributed by atoms with Gasteiger partial charge in [-0.05, 0) is 74.2 Å². The lowest BCUT2D eigenvalue weighted by molar-refractivity contribution is -0.140. The van der Waals surface area contributed by atoms with Gasteiger partial charge in [0.15, 0.2) is 0 Å². The summed E-state index contributed by atoms with van der Waals surface area (Å²) in [4.78, 5) is 29.6. The number of sulfonamides is 1. The van der Waals surface area contributed by atoms with Crippen LogP contribution in [0.5, 0.6) is 0 Å². The number of rotatable bonds is 12. The summed E-state index contributed by atoms with van der Waals surface area (Å²) in [5.74, 6) is -0.777. The molecule has 0 spiro atoms. The molecule has 0 saturated carbocycles. The van der Waals surface area contributed by atoms with Crippen molar-refractivity contribution in [2.24, 2.45) is 0 Å². The zero-order valence-corrected chi connectivity index (χ0v) is 26.0. The highest BCUT2D eigenvalue weighted by Gasteiger charge is 2.34. The number of nitrogens with one attached hydrogen (secondary N) is 1. The van der Waals surface area contributed by atoms with E-state index in [1.807, 2.05) is 88.4 Å². The van der Waals surface area contributed by atoms with Gasteiger partial charge in [0.25, 0.3) is 10.0 Å². The van der Waals surface area contributed by atoms with Crippen molar-refractivity contribution in [3.05, 3.63) is 131 Å². The molecule has 0 radical (unpaired) electrons. The Hall–Kier alpha value is -4.43. The summed E-state index contributed by atoms with van der Waals surface area (Å²) in [5, 5.41) is 2.89. The van der Waals surface area contributed by atoms with Crippen LogP contribution >= 0.6 is 0 Å². The topological polar surface area (TPSA) is 86.8 Å². The summed E-state index contributed by atoms with van der Waals surface area (Å²) in [6.45, 7) is 7.73. The number of carbonyl (C=O) groups excluding carboxylic acids is 2. The predicted molar refractivity (Wildman–Crippen MR) is 171 cm³/mol. The van der Waals surface area contributed by atoms with Gasteiger partial charge in [-0.15, -0.1) is 0 Å². The van der Waals surface area contributed by atoms with Gasteiger partial charge in [0.1, 0.15) is 12.6 Å². The van der Waals surface area contributed by atoms with E-state index in [0.717, 1.165) is 32.1 Å². The lowest BCUT2D eigenvalue weighted by Crippen LogP contribution is -2.53. The molecule has 0 bridgehead atoms. The molecule has 2 amide bonds. The highest BCUT2D eigenvalue weighted by Crippen LogP contribution is 2.27. The Labute approximate surface area is 255 Å². The van der Waals surface area contributed by atoms with Crippen LogP contribution in [-0.4, -0.2) is 44.3 Å². The molecule has 0 heterocycles. The van der Waals surface area contributed by atoms with E-state index in [4.69, 9.17) is 0 Å². The molecule has 8 heteroatoms. The number of amides is 2. The highest BCUT2D eigenvalue weighted by atomic mass is 32.2. The fourth-order valence-corrected chi connectivity index (χ4v) is 6.29. The van der Waals surface area contributed by atoms with Crippen LogP contribution in [0.25, 0.3) is 0 Å². The lowest BCUT2D eigenvalue weighted by atomic mass is 10.0. The molecule has 0 aliphatic rings. The monoisotopic (exact) mass is 597 g/mol. The molecular formula is C35H39N3O4S. The minimum absolute atomic E-state index is 0.0793. The van der Waals surface area contributed by atoms with Gasteiger partial charge in [-0.2, -0.15) is 0 Å². The smallest absolute Gasteiger partial charge is 0.264 e. The van der Waals surface area contributed by atoms with Crippen LogP contribution in [0.15, 0.2) is 108 Å². The predicted octanol–water partition coefficient (Wildman–Crippen LogP) is 5.58. The van der Waals surface area contributed by atoms with E-state index in [0.29, 0.717) is 12.2 Å². The van der Waals surface area contributed by atoms with E-state index < -0.39 is 28.5 Å². The summed E-state index contributed by atoms with van der Waals surface area (Å²) in [7, 11) is -4.12. The summed E-state index contributed by atoms with van der Waals surface area (Å²) in [5.41, 5.74) is 5.09. The van der Waals surface area contributed by atoms with Gasteiger partial charge < -0.3 is 10.2 Å². The zero-order chi connectivity index (χ0) is 31.0. The van der Waals surface area contributed by atoms with Crippen molar-refractivity contribution in [1.29, 1.82) is 0 Å². The van der Waals surface area contributed by atoms with Gasteiger partial charge in [0.2, 0.25) is 11.8 Å². The summed E-state index contributed by atoms with van der Waals surface area (Å²) in [6.07, 6.45) is 0.277. The average Bonchev–Trinajstić information content (AvgIpc) is 3.01. The van der Waals surface area contributed by atoms with E-state index in [1.165, 1.54) is 17.0 Å². The molecule has 0 aliphatic carbocycles. The fourth-order valence-electron chi connectivity index (χ4n) is 4.87. The Balaban J connectivity index is 1.80. The van der Waals surface area contributed by atoms with Crippen molar-refractivity contribution in [2.75, 3.05) is 17.4 Å². The molecule has 0 fully saturated rings. The standard InChI is InChI=1S/C35H39N3O4S/c1-5-36-35(40)33(23-29-12-8-6-9-13-29)37(24-30-19-16-26(2)17-20-30)34(39)25-38(31-21-18-27(3)28(4)22-31)43(41,42)32-14-10-7-11-15-32/h6-22,33H,5,23-25H2,1-4H3,(H,36,40)/t33-/m1/s1. The molecular weight excluding hydrogens is 558 g/mol. The largest absolute Gasteiger partial charge is 0.355 e. The van der Waals surface area contributed by atoms with Crippen molar-refractivity contribution in [3.63, 3.8) is 0 Å². The Morgan fingerprint density at radius 2 is 1.40 bits per heavy atom. The minimum Gasteiger partial charge on any atom is -0.355 e. The first-order valence-electron chi connectivity index (χ1n) is 14.4. The number of likely N-dealkylation sites (N-methyl/N-ethyl adjacent to an activating group) is 1. The van der Waals surface area contributed by atoms with Gasteiger partial charge >= 0.3 is 0 Å². The van der Waals surface area contributed by atoms with E-state index in [1.54, 1.807) is 30.3 Å². The second-order valence-corrected chi connectivity index (χ2v) is 12.6. The third-order valence-electron chi connectivity index (χ3n) is 7.48. The maximum absolute atomic E-state index is 14.4. The first-order valence-corrected chi connectivity index (χ1v) is 15.9. The van der Waals surface area contributed by atoms with Crippen molar-refractivity contribution in [1.82, 2.24) is 10.2 Å². The number of benzene rings is 4. The number of hydrogen-bond donors (Lipinski definition) is 1. The van der Waals surface area contributed by atoms with E-state index >= 15 is 0 Å². The van der Waals surface area contributed by atoms with E-state index in [2.05, 4.69) is 5.32 Å². The molecule has 4 rings (SSSR count). The van der Waals surface area contributed by atoms with Crippen molar-refractivity contribution in [3.8, 4) is 0 Å². The molecule has 4 aromatic rings. The van der Waals surface area contributed by atoms with Gasteiger partial charge in [-0.3, -0.25) is 13.9 Å². The van der Waals surface area contributed by atoms with Crippen LogP contribution in [0.3, 0.4) is 0 Å². The lowest BCUT2D eigenvalue weighted by Gasteiger charge is -2.34. The first kappa shape index (κ1) is 31.5. The Kier molecular flexibility index (Phi) is 10.4. The third-order valence-corrected chi connectivity index (χ3v) is 9.27. The van der Waals surface area contributed by atoms with Crippen LogP contribution in [0.2, 0.25) is 0 Å². The molecule has 4 aromatic carbocycles. The van der Waals surface area contributed by atoms with Crippen LogP contribution in [0.4, 0.5) is 5.69 Å². The van der Waals surface area contributed by atoms with Crippen LogP contribution < -0.4 is 9.62 Å². The molecule has 224 valence electrons.